The molecule has 2 aliphatic rings. The second-order valence-electron chi connectivity index (χ2n) is 7.66. The Labute approximate surface area is 127 Å². The van der Waals surface area contributed by atoms with Crippen LogP contribution in [0, 0.1) is 11.2 Å². The zero-order valence-electron chi connectivity index (χ0n) is 13.4. The van der Waals surface area contributed by atoms with E-state index < -0.39 is 0 Å². The molecule has 3 atom stereocenters. The van der Waals surface area contributed by atoms with Crippen LogP contribution in [-0.2, 0) is 0 Å². The van der Waals surface area contributed by atoms with Crippen LogP contribution in [0.3, 0.4) is 0 Å². The van der Waals surface area contributed by atoms with E-state index >= 15 is 0 Å². The molecule has 2 nitrogen and oxygen atoms in total. The van der Waals surface area contributed by atoms with E-state index in [1.165, 1.54) is 37.9 Å². The van der Waals surface area contributed by atoms with Gasteiger partial charge in [0.1, 0.15) is 5.82 Å². The van der Waals surface area contributed by atoms with Gasteiger partial charge in [0.2, 0.25) is 0 Å². The van der Waals surface area contributed by atoms with E-state index in [1.54, 1.807) is 12.1 Å². The molecule has 116 valence electrons. The van der Waals surface area contributed by atoms with Crippen molar-refractivity contribution >= 4 is 0 Å². The fourth-order valence-electron chi connectivity index (χ4n) is 3.99. The third kappa shape index (κ3) is 3.14. The molecular weight excluding hydrogens is 263 g/mol. The molecule has 3 heteroatoms. The van der Waals surface area contributed by atoms with Crippen molar-refractivity contribution in [3.8, 4) is 0 Å². The molecule has 21 heavy (non-hydrogen) atoms. The van der Waals surface area contributed by atoms with Gasteiger partial charge < -0.3 is 5.32 Å². The van der Waals surface area contributed by atoms with Crippen molar-refractivity contribution < 1.29 is 4.39 Å². The normalized spacial score (nSPS) is 27.8. The van der Waals surface area contributed by atoms with Crippen molar-refractivity contribution in [1.29, 1.82) is 0 Å². The van der Waals surface area contributed by atoms with Crippen molar-refractivity contribution in [3.05, 3.63) is 35.6 Å². The molecule has 2 fully saturated rings. The van der Waals surface area contributed by atoms with Crippen LogP contribution in [-0.4, -0.2) is 30.1 Å². The Bertz CT molecular complexity index is 477. The summed E-state index contributed by atoms with van der Waals surface area (Å²) in [5.74, 6) is -0.158. The van der Waals surface area contributed by atoms with Gasteiger partial charge in [0.15, 0.2) is 0 Å². The summed E-state index contributed by atoms with van der Waals surface area (Å²) in [6, 6.07) is 8.55. The Morgan fingerprint density at radius 1 is 1.14 bits per heavy atom. The molecule has 0 spiro atoms. The van der Waals surface area contributed by atoms with Crippen molar-refractivity contribution in [2.45, 2.75) is 58.2 Å². The van der Waals surface area contributed by atoms with Crippen molar-refractivity contribution in [2.24, 2.45) is 5.41 Å². The third-order valence-corrected chi connectivity index (χ3v) is 5.06. The highest BCUT2D eigenvalue weighted by atomic mass is 19.1. The molecule has 2 heterocycles. The van der Waals surface area contributed by atoms with Gasteiger partial charge in [-0.2, -0.15) is 0 Å². The number of fused-ring (bicyclic) bond motifs is 1. The smallest absolute Gasteiger partial charge is 0.123 e. The maximum Gasteiger partial charge on any atom is 0.123 e. The molecule has 0 saturated carbocycles. The highest BCUT2D eigenvalue weighted by Gasteiger charge is 2.39. The molecule has 0 bridgehead atoms. The van der Waals surface area contributed by atoms with Crippen LogP contribution in [0.1, 0.15) is 51.6 Å². The summed E-state index contributed by atoms with van der Waals surface area (Å²) in [6.07, 6.45) is 3.88. The number of nitrogens with zero attached hydrogens (tertiary/aromatic N) is 1. The monoisotopic (exact) mass is 290 g/mol. The van der Waals surface area contributed by atoms with Gasteiger partial charge in [0.25, 0.3) is 0 Å². The average Bonchev–Trinajstić information content (AvgIpc) is 3.00. The Hall–Kier alpha value is -0.930. The first kappa shape index (κ1) is 15.0. The summed E-state index contributed by atoms with van der Waals surface area (Å²) in [6.45, 7) is 9.27. The molecule has 0 aromatic heterocycles. The lowest BCUT2D eigenvalue weighted by molar-refractivity contribution is 0.223. The van der Waals surface area contributed by atoms with Gasteiger partial charge >= 0.3 is 0 Å². The first-order chi connectivity index (χ1) is 9.95. The highest BCUT2D eigenvalue weighted by molar-refractivity contribution is 5.22. The van der Waals surface area contributed by atoms with E-state index in [0.717, 1.165) is 0 Å². The van der Waals surface area contributed by atoms with Crippen LogP contribution in [0.4, 0.5) is 4.39 Å². The minimum atomic E-state index is -0.158. The summed E-state index contributed by atoms with van der Waals surface area (Å²) in [4.78, 5) is 2.63. The summed E-state index contributed by atoms with van der Waals surface area (Å²) < 4.78 is 13.2. The number of benzene rings is 1. The molecule has 3 rings (SSSR count). The molecule has 2 aliphatic heterocycles. The predicted molar refractivity (Wildman–Crippen MR) is 84.7 cm³/mol. The summed E-state index contributed by atoms with van der Waals surface area (Å²) in [5, 5.41) is 3.90. The van der Waals surface area contributed by atoms with Crippen molar-refractivity contribution in [1.82, 2.24) is 10.2 Å². The highest BCUT2D eigenvalue weighted by Crippen LogP contribution is 2.36. The van der Waals surface area contributed by atoms with E-state index in [1.807, 2.05) is 12.1 Å². The minimum Gasteiger partial charge on any atom is -0.305 e. The lowest BCUT2D eigenvalue weighted by Crippen LogP contribution is -2.44. The van der Waals surface area contributed by atoms with Crippen LogP contribution >= 0.6 is 0 Å². The topological polar surface area (TPSA) is 15.3 Å². The lowest BCUT2D eigenvalue weighted by atomic mass is 9.81. The third-order valence-electron chi connectivity index (χ3n) is 5.06. The average molecular weight is 290 g/mol. The number of hydrogen-bond acceptors (Lipinski definition) is 2. The van der Waals surface area contributed by atoms with Gasteiger partial charge in [-0.3, -0.25) is 4.90 Å². The van der Waals surface area contributed by atoms with Crippen molar-refractivity contribution in [2.75, 3.05) is 13.1 Å². The summed E-state index contributed by atoms with van der Waals surface area (Å²) in [7, 11) is 0. The van der Waals surface area contributed by atoms with Crippen LogP contribution in [0.15, 0.2) is 24.3 Å². The molecule has 2 saturated heterocycles. The van der Waals surface area contributed by atoms with E-state index in [9.17, 15) is 4.39 Å². The molecule has 0 amide bonds. The van der Waals surface area contributed by atoms with Gasteiger partial charge in [0.05, 0.1) is 0 Å². The lowest BCUT2D eigenvalue weighted by Gasteiger charge is -2.36. The van der Waals surface area contributed by atoms with Gasteiger partial charge in [-0.25, -0.2) is 4.39 Å². The Balaban J connectivity index is 1.78. The zero-order valence-corrected chi connectivity index (χ0v) is 13.4. The number of hydrogen-bond donors (Lipinski definition) is 1. The molecule has 0 radical (unpaired) electrons. The molecule has 1 aromatic rings. The fourth-order valence-corrected chi connectivity index (χ4v) is 3.99. The first-order valence-electron chi connectivity index (χ1n) is 8.21. The first-order valence-corrected chi connectivity index (χ1v) is 8.21. The van der Waals surface area contributed by atoms with Crippen molar-refractivity contribution in [3.63, 3.8) is 0 Å². The van der Waals surface area contributed by atoms with Gasteiger partial charge in [-0.1, -0.05) is 32.9 Å². The van der Waals surface area contributed by atoms with E-state index in [-0.39, 0.29) is 17.3 Å². The Kier molecular flexibility index (Phi) is 4.06. The van der Waals surface area contributed by atoms with E-state index in [0.29, 0.717) is 12.1 Å². The molecule has 1 aromatic carbocycles. The van der Waals surface area contributed by atoms with E-state index in [2.05, 4.69) is 31.0 Å². The maximum absolute atomic E-state index is 13.2. The minimum absolute atomic E-state index is 0.115. The number of rotatable bonds is 3. The predicted octanol–water partition coefficient (Wildman–Crippen LogP) is 3.74. The van der Waals surface area contributed by atoms with E-state index in [4.69, 9.17) is 0 Å². The number of nitrogens with one attached hydrogen (secondary N) is 1. The maximum atomic E-state index is 13.2. The van der Waals surface area contributed by atoms with Gasteiger partial charge in [-0.05, 0) is 48.9 Å². The fraction of sp³-hybridized carbons (Fsp3) is 0.667. The SMILES string of the molecule is CC(C)(C)C(NC1CCN2CCCC12)c1ccc(F)cc1. The van der Waals surface area contributed by atoms with Crippen LogP contribution in [0.25, 0.3) is 0 Å². The molecule has 3 unspecified atom stereocenters. The largest absolute Gasteiger partial charge is 0.305 e. The van der Waals surface area contributed by atoms with Gasteiger partial charge in [0, 0.05) is 24.7 Å². The van der Waals surface area contributed by atoms with Crippen LogP contribution in [0.2, 0.25) is 0 Å². The van der Waals surface area contributed by atoms with Gasteiger partial charge in [-0.15, -0.1) is 0 Å². The summed E-state index contributed by atoms with van der Waals surface area (Å²) >= 11 is 0. The molecule has 1 N–H and O–H groups in total. The van der Waals surface area contributed by atoms with Crippen LogP contribution in [0.5, 0.6) is 0 Å². The quantitative estimate of drug-likeness (QED) is 0.912. The summed E-state index contributed by atoms with van der Waals surface area (Å²) in [5.41, 5.74) is 1.31. The molecular formula is C18H27FN2. The Morgan fingerprint density at radius 2 is 1.86 bits per heavy atom. The molecule has 0 aliphatic carbocycles. The Morgan fingerprint density at radius 3 is 2.52 bits per heavy atom. The zero-order chi connectivity index (χ0) is 15.0. The number of halogens is 1. The second-order valence-corrected chi connectivity index (χ2v) is 7.66. The second kappa shape index (κ2) is 5.69. The standard InChI is InChI=1S/C18H27FN2/c1-18(2,3)17(13-6-8-14(19)9-7-13)20-15-10-12-21-11-4-5-16(15)21/h6-9,15-17,20H,4-5,10-12H2,1-3H3. The van der Waals surface area contributed by atoms with Crippen LogP contribution < -0.4 is 5.32 Å².